The lowest BCUT2D eigenvalue weighted by atomic mass is 9.92. The Balaban J connectivity index is 3.55. The Morgan fingerprint density at radius 2 is 1.67 bits per heavy atom. The topological polar surface area (TPSA) is 112 Å². The minimum atomic E-state index is -1.02. The van der Waals surface area contributed by atoms with E-state index in [2.05, 4.69) is 16.7 Å². The first-order chi connectivity index (χ1) is 16.7. The van der Waals surface area contributed by atoms with Gasteiger partial charge < -0.3 is 20.3 Å². The molecule has 0 spiro atoms. The number of nitrogens with one attached hydrogen (secondary N) is 2. The summed E-state index contributed by atoms with van der Waals surface area (Å²) in [5.74, 6) is -0.783. The number of aryl methyl sites for hydroxylation is 2. The van der Waals surface area contributed by atoms with E-state index in [0.717, 1.165) is 24.0 Å². The molecule has 0 radical (unpaired) electrons. The van der Waals surface area contributed by atoms with E-state index in [1.165, 1.54) is 4.90 Å². The summed E-state index contributed by atoms with van der Waals surface area (Å²) >= 11 is 0. The molecule has 2 N–H and O–H groups in total. The van der Waals surface area contributed by atoms with Crippen LogP contribution in [-0.2, 0) is 14.3 Å². The number of carbonyl (C=O) groups excluding carboxylic acids is 3. The number of hydrogen-bond acceptors (Lipinski definition) is 5. The number of nitrogens with zero attached hydrogens (tertiary/aromatic N) is 2. The van der Waals surface area contributed by atoms with Crippen LogP contribution in [0.3, 0.4) is 0 Å². The van der Waals surface area contributed by atoms with E-state index in [9.17, 15) is 19.6 Å². The van der Waals surface area contributed by atoms with Gasteiger partial charge in [0.1, 0.15) is 24.2 Å². The number of amides is 3. The van der Waals surface area contributed by atoms with Gasteiger partial charge >= 0.3 is 6.09 Å². The maximum atomic E-state index is 13.9. The van der Waals surface area contributed by atoms with Gasteiger partial charge in [-0.05, 0) is 77.0 Å². The summed E-state index contributed by atoms with van der Waals surface area (Å²) in [6, 6.07) is 5.64. The van der Waals surface area contributed by atoms with Gasteiger partial charge in [-0.2, -0.15) is 5.26 Å². The summed E-state index contributed by atoms with van der Waals surface area (Å²) in [7, 11) is 0. The lowest BCUT2D eigenvalue weighted by Crippen LogP contribution is -2.54. The highest BCUT2D eigenvalue weighted by atomic mass is 16.6. The lowest BCUT2D eigenvalue weighted by molar-refractivity contribution is -0.142. The van der Waals surface area contributed by atoms with Crippen LogP contribution in [0.15, 0.2) is 18.2 Å². The first-order valence-electron chi connectivity index (χ1n) is 12.7. The van der Waals surface area contributed by atoms with E-state index in [1.54, 1.807) is 20.8 Å². The lowest BCUT2D eigenvalue weighted by Gasteiger charge is -2.35. The van der Waals surface area contributed by atoms with Gasteiger partial charge in [-0.3, -0.25) is 9.59 Å². The van der Waals surface area contributed by atoms with E-state index in [4.69, 9.17) is 4.74 Å². The molecule has 3 unspecified atom stereocenters. The number of ether oxygens (including phenoxy) is 1. The molecule has 200 valence electrons. The smallest absolute Gasteiger partial charge is 0.408 e. The fourth-order valence-electron chi connectivity index (χ4n) is 4.23. The second-order valence-electron chi connectivity index (χ2n) is 10.9. The highest BCUT2D eigenvalue weighted by Gasteiger charge is 2.38. The molecule has 0 heterocycles. The quantitative estimate of drug-likeness (QED) is 0.418. The van der Waals surface area contributed by atoms with Gasteiger partial charge in [0.15, 0.2) is 0 Å². The average Bonchev–Trinajstić information content (AvgIpc) is 2.72. The van der Waals surface area contributed by atoms with Crippen LogP contribution in [-0.4, -0.2) is 47.0 Å². The van der Waals surface area contributed by atoms with Crippen LogP contribution in [0.25, 0.3) is 0 Å². The zero-order valence-corrected chi connectivity index (χ0v) is 23.4. The van der Waals surface area contributed by atoms with E-state index < -0.39 is 29.7 Å². The monoisotopic (exact) mass is 500 g/mol. The van der Waals surface area contributed by atoms with Crippen LogP contribution in [0.4, 0.5) is 4.79 Å². The van der Waals surface area contributed by atoms with Crippen LogP contribution in [0, 0.1) is 31.1 Å². The molecule has 1 aromatic rings. The highest BCUT2D eigenvalue weighted by molar-refractivity contribution is 5.92. The standard InChI is InChI=1S/C28H44N4O4/c1-10-12-21(6)30-25(33)24(23-19(4)13-11-14-20(23)5)32(16-15-29)26(34)22(17-18(2)3)31-27(35)36-28(7,8)9/h11,13-14,18,21-22,24H,10,12,16-17H2,1-9H3,(H,30,33)(H,31,35). The first kappa shape index (κ1) is 31.0. The number of hydrogen-bond donors (Lipinski definition) is 2. The zero-order valence-electron chi connectivity index (χ0n) is 23.4. The second-order valence-corrected chi connectivity index (χ2v) is 10.9. The Labute approximate surface area is 216 Å². The molecule has 3 atom stereocenters. The number of benzene rings is 1. The molecular formula is C28H44N4O4. The Kier molecular flexibility index (Phi) is 11.9. The number of alkyl carbamates (subject to hydrolysis) is 1. The maximum absolute atomic E-state index is 13.9. The second kappa shape index (κ2) is 13.9. The fraction of sp³-hybridized carbons (Fsp3) is 0.643. The van der Waals surface area contributed by atoms with Gasteiger partial charge in [0.25, 0.3) is 0 Å². The minimum Gasteiger partial charge on any atom is -0.444 e. The third-order valence-corrected chi connectivity index (χ3v) is 5.71. The Morgan fingerprint density at radius 1 is 1.08 bits per heavy atom. The molecule has 0 aliphatic rings. The molecule has 0 aromatic heterocycles. The van der Waals surface area contributed by atoms with Crippen molar-refractivity contribution in [1.82, 2.24) is 15.5 Å². The van der Waals surface area contributed by atoms with Crippen LogP contribution in [0.2, 0.25) is 0 Å². The predicted molar refractivity (Wildman–Crippen MR) is 141 cm³/mol. The Morgan fingerprint density at radius 3 is 2.14 bits per heavy atom. The van der Waals surface area contributed by atoms with Gasteiger partial charge in [0, 0.05) is 6.04 Å². The zero-order chi connectivity index (χ0) is 27.6. The maximum Gasteiger partial charge on any atom is 0.408 e. The highest BCUT2D eigenvalue weighted by Crippen LogP contribution is 2.29. The van der Waals surface area contributed by atoms with Crippen LogP contribution in [0.1, 0.15) is 90.5 Å². The average molecular weight is 501 g/mol. The summed E-state index contributed by atoms with van der Waals surface area (Å²) < 4.78 is 5.38. The molecule has 0 aliphatic heterocycles. The molecular weight excluding hydrogens is 456 g/mol. The third kappa shape index (κ3) is 9.52. The van der Waals surface area contributed by atoms with E-state index in [1.807, 2.05) is 59.7 Å². The number of nitriles is 1. The van der Waals surface area contributed by atoms with Gasteiger partial charge in [-0.1, -0.05) is 45.4 Å². The van der Waals surface area contributed by atoms with Crippen molar-refractivity contribution in [1.29, 1.82) is 5.26 Å². The number of carbonyl (C=O) groups is 3. The van der Waals surface area contributed by atoms with Crippen LogP contribution >= 0.6 is 0 Å². The van der Waals surface area contributed by atoms with Gasteiger partial charge in [-0.15, -0.1) is 0 Å². The molecule has 8 nitrogen and oxygen atoms in total. The first-order valence-corrected chi connectivity index (χ1v) is 12.7. The summed E-state index contributed by atoms with van der Waals surface area (Å²) in [5, 5.41) is 15.4. The molecule has 1 aromatic carbocycles. The van der Waals surface area contributed by atoms with E-state index >= 15 is 0 Å². The van der Waals surface area contributed by atoms with Crippen molar-refractivity contribution < 1.29 is 19.1 Å². The van der Waals surface area contributed by atoms with Crippen LogP contribution < -0.4 is 10.6 Å². The minimum absolute atomic E-state index is 0.0647. The summed E-state index contributed by atoms with van der Waals surface area (Å²) in [6.45, 7) is 16.5. The molecule has 0 aliphatic carbocycles. The van der Waals surface area contributed by atoms with Gasteiger partial charge in [0.05, 0.1) is 6.07 Å². The predicted octanol–water partition coefficient (Wildman–Crippen LogP) is 4.94. The molecule has 8 heteroatoms. The summed E-state index contributed by atoms with van der Waals surface area (Å²) in [4.78, 5) is 41.5. The van der Waals surface area contributed by atoms with Crippen molar-refractivity contribution >= 4 is 17.9 Å². The summed E-state index contributed by atoms with van der Waals surface area (Å²) in [5.41, 5.74) is 1.63. The molecule has 3 amide bonds. The Bertz CT molecular complexity index is 926. The SMILES string of the molecule is CCCC(C)NC(=O)C(c1c(C)cccc1C)N(CC#N)C(=O)C(CC(C)C)NC(=O)OC(C)(C)C. The number of rotatable bonds is 11. The molecule has 1 rings (SSSR count). The molecule has 0 bridgehead atoms. The van der Waals surface area contributed by atoms with Gasteiger partial charge in [-0.25, -0.2) is 4.79 Å². The molecule has 0 fully saturated rings. The fourth-order valence-corrected chi connectivity index (χ4v) is 4.23. The van der Waals surface area contributed by atoms with E-state index in [-0.39, 0.29) is 24.4 Å². The molecule has 0 saturated carbocycles. The Hall–Kier alpha value is -3.08. The normalized spacial score (nSPS) is 13.8. The van der Waals surface area contributed by atoms with Gasteiger partial charge in [0.2, 0.25) is 11.8 Å². The molecule has 36 heavy (non-hydrogen) atoms. The van der Waals surface area contributed by atoms with E-state index in [0.29, 0.717) is 12.0 Å². The van der Waals surface area contributed by atoms with Crippen LogP contribution in [0.5, 0.6) is 0 Å². The van der Waals surface area contributed by atoms with Crippen molar-refractivity contribution in [2.75, 3.05) is 6.54 Å². The van der Waals surface area contributed by atoms with Crippen molar-refractivity contribution in [3.63, 3.8) is 0 Å². The summed E-state index contributed by atoms with van der Waals surface area (Å²) in [6.07, 6.45) is 1.29. The van der Waals surface area contributed by atoms with Crippen molar-refractivity contribution in [3.05, 3.63) is 34.9 Å². The van der Waals surface area contributed by atoms with Crippen molar-refractivity contribution in [2.24, 2.45) is 5.92 Å². The largest absolute Gasteiger partial charge is 0.444 e. The molecule has 0 saturated heterocycles. The van der Waals surface area contributed by atoms with Crippen molar-refractivity contribution in [2.45, 2.75) is 105 Å². The third-order valence-electron chi connectivity index (χ3n) is 5.71. The van der Waals surface area contributed by atoms with Crippen molar-refractivity contribution in [3.8, 4) is 6.07 Å².